The topological polar surface area (TPSA) is 3.24 Å². The summed E-state index contributed by atoms with van der Waals surface area (Å²) in [6.07, 6.45) is 4.01. The van der Waals surface area contributed by atoms with Crippen LogP contribution in [0.1, 0.15) is 47.0 Å². The molecule has 1 heterocycles. The highest BCUT2D eigenvalue weighted by atomic mass is 32.1. The molecule has 0 spiro atoms. The van der Waals surface area contributed by atoms with Crippen molar-refractivity contribution in [2.45, 2.75) is 47.0 Å². The lowest BCUT2D eigenvalue weighted by atomic mass is 9.80. The molecular formula is C14H29NS. The van der Waals surface area contributed by atoms with Crippen LogP contribution in [-0.4, -0.2) is 30.3 Å². The largest absolute Gasteiger partial charge is 0.303 e. The Morgan fingerprint density at radius 3 is 2.50 bits per heavy atom. The van der Waals surface area contributed by atoms with Gasteiger partial charge in [-0.15, -0.1) is 0 Å². The van der Waals surface area contributed by atoms with Gasteiger partial charge in [-0.2, -0.15) is 12.6 Å². The van der Waals surface area contributed by atoms with E-state index in [2.05, 4.69) is 45.2 Å². The minimum absolute atomic E-state index is 0.482. The van der Waals surface area contributed by atoms with Gasteiger partial charge >= 0.3 is 0 Å². The van der Waals surface area contributed by atoms with Crippen molar-refractivity contribution in [3.05, 3.63) is 0 Å². The number of thiol groups is 1. The molecule has 16 heavy (non-hydrogen) atoms. The Morgan fingerprint density at radius 2 is 2.06 bits per heavy atom. The molecule has 0 amide bonds. The maximum Gasteiger partial charge on any atom is 0.00176 e. The molecule has 1 saturated heterocycles. The second-order valence-corrected chi connectivity index (χ2v) is 6.81. The van der Waals surface area contributed by atoms with Crippen molar-refractivity contribution in [2.24, 2.45) is 17.3 Å². The fourth-order valence-corrected chi connectivity index (χ4v) is 3.02. The molecular weight excluding hydrogens is 214 g/mol. The smallest absolute Gasteiger partial charge is 0.00176 e. The van der Waals surface area contributed by atoms with Crippen molar-refractivity contribution in [1.82, 2.24) is 4.90 Å². The minimum atomic E-state index is 0.482. The van der Waals surface area contributed by atoms with E-state index in [0.717, 1.165) is 17.6 Å². The van der Waals surface area contributed by atoms with Gasteiger partial charge < -0.3 is 4.90 Å². The molecule has 0 N–H and O–H groups in total. The number of likely N-dealkylation sites (tertiary alicyclic amines) is 1. The summed E-state index contributed by atoms with van der Waals surface area (Å²) < 4.78 is 0. The lowest BCUT2D eigenvalue weighted by Crippen LogP contribution is -2.30. The normalized spacial score (nSPS) is 24.9. The first-order chi connectivity index (χ1) is 7.47. The van der Waals surface area contributed by atoms with Crippen LogP contribution in [0.25, 0.3) is 0 Å². The van der Waals surface area contributed by atoms with E-state index in [-0.39, 0.29) is 0 Å². The van der Waals surface area contributed by atoms with E-state index in [1.165, 1.54) is 38.9 Å². The summed E-state index contributed by atoms with van der Waals surface area (Å²) in [7, 11) is 0. The van der Waals surface area contributed by atoms with E-state index in [1.807, 2.05) is 0 Å². The van der Waals surface area contributed by atoms with E-state index in [1.54, 1.807) is 0 Å². The predicted molar refractivity (Wildman–Crippen MR) is 76.3 cm³/mol. The zero-order chi connectivity index (χ0) is 12.2. The molecule has 2 atom stereocenters. The summed E-state index contributed by atoms with van der Waals surface area (Å²) in [4.78, 5) is 2.66. The van der Waals surface area contributed by atoms with Gasteiger partial charge in [0.2, 0.25) is 0 Å². The van der Waals surface area contributed by atoms with Crippen molar-refractivity contribution in [3.63, 3.8) is 0 Å². The molecule has 2 unspecified atom stereocenters. The van der Waals surface area contributed by atoms with Crippen LogP contribution < -0.4 is 0 Å². The third-order valence-electron chi connectivity index (χ3n) is 3.97. The van der Waals surface area contributed by atoms with Crippen LogP contribution in [-0.2, 0) is 0 Å². The third-order valence-corrected chi connectivity index (χ3v) is 4.49. The standard InChI is InChI=1S/C14H29NS/c1-5-6-12(11-16)9-15-8-7-13(10-15)14(2,3)4/h12-13,16H,5-11H2,1-4H3. The number of hydrogen-bond donors (Lipinski definition) is 1. The van der Waals surface area contributed by atoms with E-state index >= 15 is 0 Å². The second kappa shape index (κ2) is 6.30. The fourth-order valence-electron chi connectivity index (χ4n) is 2.72. The summed E-state index contributed by atoms with van der Waals surface area (Å²) in [5, 5.41) is 0. The summed E-state index contributed by atoms with van der Waals surface area (Å²) >= 11 is 4.48. The first-order valence-corrected chi connectivity index (χ1v) is 7.43. The van der Waals surface area contributed by atoms with Crippen molar-refractivity contribution in [2.75, 3.05) is 25.4 Å². The van der Waals surface area contributed by atoms with Crippen LogP contribution in [0.15, 0.2) is 0 Å². The molecule has 1 aliphatic heterocycles. The van der Waals surface area contributed by atoms with Crippen molar-refractivity contribution in [3.8, 4) is 0 Å². The predicted octanol–water partition coefficient (Wildman–Crippen LogP) is 3.70. The molecule has 1 nitrogen and oxygen atoms in total. The SMILES string of the molecule is CCCC(CS)CN1CCC(C(C)(C)C)C1. The molecule has 0 aromatic carbocycles. The van der Waals surface area contributed by atoms with E-state index < -0.39 is 0 Å². The van der Waals surface area contributed by atoms with Gasteiger partial charge in [-0.05, 0) is 42.4 Å². The molecule has 0 aromatic rings. The van der Waals surface area contributed by atoms with E-state index in [0.29, 0.717) is 5.41 Å². The van der Waals surface area contributed by atoms with Crippen LogP contribution in [0, 0.1) is 17.3 Å². The minimum Gasteiger partial charge on any atom is -0.303 e. The Bertz CT molecular complexity index is 197. The lowest BCUT2D eigenvalue weighted by molar-refractivity contribution is 0.215. The van der Waals surface area contributed by atoms with Crippen molar-refractivity contribution >= 4 is 12.6 Å². The first kappa shape index (κ1) is 14.4. The van der Waals surface area contributed by atoms with Gasteiger partial charge in [-0.1, -0.05) is 34.1 Å². The van der Waals surface area contributed by atoms with Crippen LogP contribution in [0.5, 0.6) is 0 Å². The number of nitrogens with zero attached hydrogens (tertiary/aromatic N) is 1. The van der Waals surface area contributed by atoms with E-state index in [9.17, 15) is 0 Å². The monoisotopic (exact) mass is 243 g/mol. The van der Waals surface area contributed by atoms with Crippen LogP contribution in [0.3, 0.4) is 0 Å². The lowest BCUT2D eigenvalue weighted by Gasteiger charge is -2.28. The Morgan fingerprint density at radius 1 is 1.38 bits per heavy atom. The molecule has 2 heteroatoms. The highest BCUT2D eigenvalue weighted by Gasteiger charge is 2.32. The van der Waals surface area contributed by atoms with Gasteiger partial charge in [0.15, 0.2) is 0 Å². The molecule has 96 valence electrons. The molecule has 1 fully saturated rings. The average molecular weight is 243 g/mol. The Balaban J connectivity index is 2.35. The van der Waals surface area contributed by atoms with Gasteiger partial charge in [0.05, 0.1) is 0 Å². The average Bonchev–Trinajstić information content (AvgIpc) is 2.65. The summed E-state index contributed by atoms with van der Waals surface area (Å²) in [5.41, 5.74) is 0.482. The Hall–Kier alpha value is 0.310. The van der Waals surface area contributed by atoms with Gasteiger partial charge in [-0.3, -0.25) is 0 Å². The summed E-state index contributed by atoms with van der Waals surface area (Å²) in [6.45, 7) is 13.3. The van der Waals surface area contributed by atoms with Crippen molar-refractivity contribution < 1.29 is 0 Å². The highest BCUT2D eigenvalue weighted by molar-refractivity contribution is 7.80. The maximum atomic E-state index is 4.48. The van der Waals surface area contributed by atoms with Gasteiger partial charge in [0.25, 0.3) is 0 Å². The van der Waals surface area contributed by atoms with Gasteiger partial charge in [0.1, 0.15) is 0 Å². The fraction of sp³-hybridized carbons (Fsp3) is 1.00. The molecule has 0 aliphatic carbocycles. The first-order valence-electron chi connectivity index (χ1n) is 6.80. The molecule has 1 aliphatic rings. The van der Waals surface area contributed by atoms with Gasteiger partial charge in [0, 0.05) is 13.1 Å². The molecule has 0 bridgehead atoms. The summed E-state index contributed by atoms with van der Waals surface area (Å²) in [5.74, 6) is 2.73. The Kier molecular flexibility index (Phi) is 5.66. The number of hydrogen-bond acceptors (Lipinski definition) is 2. The van der Waals surface area contributed by atoms with Crippen molar-refractivity contribution in [1.29, 1.82) is 0 Å². The van der Waals surface area contributed by atoms with Crippen LogP contribution >= 0.6 is 12.6 Å². The molecule has 0 saturated carbocycles. The number of rotatable bonds is 5. The molecule has 0 aromatic heterocycles. The zero-order valence-corrected chi connectivity index (χ0v) is 12.4. The third kappa shape index (κ3) is 4.29. The highest BCUT2D eigenvalue weighted by Crippen LogP contribution is 2.33. The maximum absolute atomic E-state index is 4.48. The van der Waals surface area contributed by atoms with Crippen LogP contribution in [0.4, 0.5) is 0 Å². The zero-order valence-electron chi connectivity index (χ0n) is 11.5. The molecule has 1 rings (SSSR count). The van der Waals surface area contributed by atoms with E-state index in [4.69, 9.17) is 0 Å². The van der Waals surface area contributed by atoms with Crippen LogP contribution in [0.2, 0.25) is 0 Å². The Labute approximate surface area is 107 Å². The molecule has 0 radical (unpaired) electrons. The second-order valence-electron chi connectivity index (χ2n) is 6.45. The van der Waals surface area contributed by atoms with Gasteiger partial charge in [-0.25, -0.2) is 0 Å². The summed E-state index contributed by atoms with van der Waals surface area (Å²) in [6, 6.07) is 0. The quantitative estimate of drug-likeness (QED) is 0.721.